The average molecular weight is 395 g/mol. The highest BCUT2D eigenvalue weighted by Gasteiger charge is 2.11. The molecule has 2 N–H and O–H groups in total. The third-order valence-corrected chi connectivity index (χ3v) is 4.74. The van der Waals surface area contributed by atoms with Gasteiger partial charge in [0.1, 0.15) is 5.75 Å². The van der Waals surface area contributed by atoms with E-state index in [-0.39, 0.29) is 25.0 Å². The van der Waals surface area contributed by atoms with E-state index in [2.05, 4.69) is 33.8 Å². The molecule has 0 aliphatic heterocycles. The average Bonchev–Trinajstić information content (AvgIpc) is 3.15. The van der Waals surface area contributed by atoms with E-state index in [0.717, 1.165) is 22.4 Å². The predicted molar refractivity (Wildman–Crippen MR) is 111 cm³/mol. The summed E-state index contributed by atoms with van der Waals surface area (Å²) in [6, 6.07) is 15.2. The van der Waals surface area contributed by atoms with Crippen molar-refractivity contribution in [3.8, 4) is 17.0 Å². The molecule has 2 aromatic carbocycles. The second-order valence-corrected chi connectivity index (χ2v) is 7.14. The van der Waals surface area contributed by atoms with Crippen molar-refractivity contribution in [2.75, 3.05) is 18.5 Å². The Labute approximate surface area is 167 Å². The Kier molecular flexibility index (Phi) is 6.39. The minimum absolute atomic E-state index is 0.143. The highest BCUT2D eigenvalue weighted by Crippen LogP contribution is 2.28. The number of carbonyl (C=O) groups excluding carboxylic acids is 2. The summed E-state index contributed by atoms with van der Waals surface area (Å²) in [6.07, 6.45) is 0. The van der Waals surface area contributed by atoms with Gasteiger partial charge in [-0.25, -0.2) is 4.98 Å². The van der Waals surface area contributed by atoms with Gasteiger partial charge in [-0.1, -0.05) is 35.9 Å². The van der Waals surface area contributed by atoms with Gasteiger partial charge in [0.15, 0.2) is 11.7 Å². The van der Waals surface area contributed by atoms with Gasteiger partial charge in [-0.2, -0.15) is 0 Å². The molecule has 2 amide bonds. The van der Waals surface area contributed by atoms with Gasteiger partial charge in [-0.3, -0.25) is 9.59 Å². The number of para-hydroxylation sites is 1. The van der Waals surface area contributed by atoms with Crippen molar-refractivity contribution in [1.29, 1.82) is 0 Å². The van der Waals surface area contributed by atoms with E-state index in [1.165, 1.54) is 11.3 Å². The molecule has 0 unspecified atom stereocenters. The van der Waals surface area contributed by atoms with E-state index in [1.54, 1.807) is 12.1 Å². The van der Waals surface area contributed by atoms with Crippen LogP contribution in [0, 0.1) is 13.8 Å². The predicted octanol–water partition coefficient (Wildman–Crippen LogP) is 3.56. The summed E-state index contributed by atoms with van der Waals surface area (Å²) in [6.45, 7) is 3.77. The second kappa shape index (κ2) is 9.14. The van der Waals surface area contributed by atoms with Crippen LogP contribution in [0.2, 0.25) is 0 Å². The smallest absolute Gasteiger partial charge is 0.258 e. The first-order valence-corrected chi connectivity index (χ1v) is 9.67. The zero-order valence-corrected chi connectivity index (χ0v) is 16.5. The maximum absolute atomic E-state index is 12.1. The molecular weight excluding hydrogens is 374 g/mol. The number of nitrogens with zero attached hydrogens (tertiary/aromatic N) is 1. The Balaban J connectivity index is 1.48. The van der Waals surface area contributed by atoms with Crippen LogP contribution in [0.4, 0.5) is 5.13 Å². The summed E-state index contributed by atoms with van der Waals surface area (Å²) in [5.74, 6) is -0.104. The lowest BCUT2D eigenvalue weighted by Crippen LogP contribution is -2.35. The lowest BCUT2D eigenvalue weighted by molar-refractivity contribution is -0.125. The summed E-state index contributed by atoms with van der Waals surface area (Å²) >= 11 is 1.35. The van der Waals surface area contributed by atoms with Gasteiger partial charge in [0.25, 0.3) is 5.91 Å². The highest BCUT2D eigenvalue weighted by molar-refractivity contribution is 7.14. The van der Waals surface area contributed by atoms with Gasteiger partial charge in [-0.05, 0) is 37.6 Å². The van der Waals surface area contributed by atoms with Gasteiger partial charge in [0.05, 0.1) is 12.2 Å². The first-order chi connectivity index (χ1) is 13.5. The number of aryl methyl sites for hydroxylation is 2. The molecule has 0 bridgehead atoms. The molecule has 3 rings (SSSR count). The molecule has 7 heteroatoms. The number of hydrogen-bond acceptors (Lipinski definition) is 5. The van der Waals surface area contributed by atoms with E-state index < -0.39 is 0 Å². The van der Waals surface area contributed by atoms with Crippen molar-refractivity contribution in [1.82, 2.24) is 10.3 Å². The Morgan fingerprint density at radius 1 is 1.07 bits per heavy atom. The van der Waals surface area contributed by atoms with Crippen molar-refractivity contribution in [2.24, 2.45) is 0 Å². The summed E-state index contributed by atoms with van der Waals surface area (Å²) in [7, 11) is 0. The van der Waals surface area contributed by atoms with Crippen molar-refractivity contribution in [2.45, 2.75) is 13.8 Å². The molecule has 0 atom stereocenters. The number of nitrogens with one attached hydrogen (secondary N) is 2. The van der Waals surface area contributed by atoms with Crippen LogP contribution in [0.25, 0.3) is 11.3 Å². The van der Waals surface area contributed by atoms with Crippen LogP contribution >= 0.6 is 11.3 Å². The normalized spacial score (nSPS) is 10.4. The number of anilines is 1. The fraction of sp³-hybridized carbons (Fsp3) is 0.190. The minimum atomic E-state index is -0.366. The SMILES string of the molecule is Cc1ccc(C)c(-c2csc(NC(=O)CNC(=O)COc3ccccc3)n2)c1. The molecular formula is C21H21N3O3S. The molecule has 0 aliphatic rings. The summed E-state index contributed by atoms with van der Waals surface area (Å²) < 4.78 is 5.34. The summed E-state index contributed by atoms with van der Waals surface area (Å²) in [4.78, 5) is 28.3. The first-order valence-electron chi connectivity index (χ1n) is 8.79. The quantitative estimate of drug-likeness (QED) is 0.641. The van der Waals surface area contributed by atoms with Crippen LogP contribution in [0.5, 0.6) is 5.75 Å². The molecule has 3 aromatic rings. The maximum atomic E-state index is 12.1. The Morgan fingerprint density at radius 2 is 1.86 bits per heavy atom. The molecule has 28 heavy (non-hydrogen) atoms. The zero-order valence-electron chi connectivity index (χ0n) is 15.7. The third kappa shape index (κ3) is 5.40. The number of aromatic nitrogens is 1. The first kappa shape index (κ1) is 19.6. The van der Waals surface area contributed by atoms with Crippen molar-refractivity contribution < 1.29 is 14.3 Å². The van der Waals surface area contributed by atoms with Crippen LogP contribution in [0.1, 0.15) is 11.1 Å². The lowest BCUT2D eigenvalue weighted by Gasteiger charge is -2.07. The number of ether oxygens (including phenoxy) is 1. The van der Waals surface area contributed by atoms with E-state index in [1.807, 2.05) is 37.4 Å². The Hall–Kier alpha value is -3.19. The van der Waals surface area contributed by atoms with E-state index >= 15 is 0 Å². The molecule has 1 heterocycles. The van der Waals surface area contributed by atoms with Crippen LogP contribution in [0.15, 0.2) is 53.9 Å². The lowest BCUT2D eigenvalue weighted by atomic mass is 10.0. The van der Waals surface area contributed by atoms with Gasteiger partial charge >= 0.3 is 0 Å². The van der Waals surface area contributed by atoms with E-state index in [0.29, 0.717) is 10.9 Å². The molecule has 144 valence electrons. The monoisotopic (exact) mass is 395 g/mol. The number of thiazole rings is 1. The van der Waals surface area contributed by atoms with Crippen LogP contribution in [-0.4, -0.2) is 29.9 Å². The van der Waals surface area contributed by atoms with Gasteiger partial charge in [0.2, 0.25) is 5.91 Å². The zero-order chi connectivity index (χ0) is 19.9. The maximum Gasteiger partial charge on any atom is 0.258 e. The molecule has 0 saturated heterocycles. The molecule has 0 fully saturated rings. The molecule has 1 aromatic heterocycles. The number of rotatable bonds is 7. The van der Waals surface area contributed by atoms with E-state index in [4.69, 9.17) is 4.74 Å². The third-order valence-electron chi connectivity index (χ3n) is 3.98. The highest BCUT2D eigenvalue weighted by atomic mass is 32.1. The Bertz CT molecular complexity index is 970. The van der Waals surface area contributed by atoms with Crippen LogP contribution in [0.3, 0.4) is 0 Å². The standard InChI is InChI=1S/C21H21N3O3S/c1-14-8-9-15(2)17(10-14)18-13-28-21(23-18)24-19(25)11-22-20(26)12-27-16-6-4-3-5-7-16/h3-10,13H,11-12H2,1-2H3,(H,22,26)(H,23,24,25). The molecule has 6 nitrogen and oxygen atoms in total. The van der Waals surface area contributed by atoms with E-state index in [9.17, 15) is 9.59 Å². The molecule has 0 spiro atoms. The van der Waals surface area contributed by atoms with Crippen molar-refractivity contribution >= 4 is 28.3 Å². The Morgan fingerprint density at radius 3 is 2.64 bits per heavy atom. The van der Waals surface area contributed by atoms with Gasteiger partial charge in [-0.15, -0.1) is 11.3 Å². The van der Waals surface area contributed by atoms with Crippen LogP contribution in [-0.2, 0) is 9.59 Å². The van der Waals surface area contributed by atoms with Crippen molar-refractivity contribution in [3.05, 3.63) is 65.0 Å². The van der Waals surface area contributed by atoms with Crippen molar-refractivity contribution in [3.63, 3.8) is 0 Å². The van der Waals surface area contributed by atoms with Gasteiger partial charge < -0.3 is 15.4 Å². The topological polar surface area (TPSA) is 80.3 Å². The fourth-order valence-electron chi connectivity index (χ4n) is 2.53. The fourth-order valence-corrected chi connectivity index (χ4v) is 3.25. The number of benzene rings is 2. The van der Waals surface area contributed by atoms with Gasteiger partial charge in [0, 0.05) is 10.9 Å². The molecule has 0 aliphatic carbocycles. The number of carbonyl (C=O) groups is 2. The summed E-state index contributed by atoms with van der Waals surface area (Å²) in [5, 5.41) is 7.64. The second-order valence-electron chi connectivity index (χ2n) is 6.28. The largest absolute Gasteiger partial charge is 0.484 e. The number of hydrogen-bond donors (Lipinski definition) is 2. The molecule has 0 radical (unpaired) electrons. The number of amides is 2. The van der Waals surface area contributed by atoms with Crippen LogP contribution < -0.4 is 15.4 Å². The molecule has 0 saturated carbocycles. The minimum Gasteiger partial charge on any atom is -0.484 e. The summed E-state index contributed by atoms with van der Waals surface area (Å²) in [5.41, 5.74) is 4.14.